The summed E-state index contributed by atoms with van der Waals surface area (Å²) in [7, 11) is 2.84. The molecule has 0 radical (unpaired) electrons. The number of nitro benzene ring substituents is 1. The number of carbonyl (C=O) groups is 2. The number of ether oxygens (including phenoxy) is 2. The van der Waals surface area contributed by atoms with Gasteiger partial charge in [0.1, 0.15) is 0 Å². The molecule has 2 rings (SSSR count). The molecule has 0 bridgehead atoms. The standard InChI is InChI=1S/C17H18N2O6S/c1-10(20)15-4-5-16(26-15)17(21)18-7-6-11-8-13(24-2)14(25-3)9-12(11)19(22)23/h4-5,8-9H,6-7H2,1-3H3,(H,18,21). The van der Waals surface area contributed by atoms with E-state index in [9.17, 15) is 19.7 Å². The molecule has 0 saturated heterocycles. The predicted molar refractivity (Wildman–Crippen MR) is 96.6 cm³/mol. The van der Waals surface area contributed by atoms with Gasteiger partial charge in [-0.1, -0.05) is 0 Å². The zero-order valence-corrected chi connectivity index (χ0v) is 15.3. The van der Waals surface area contributed by atoms with E-state index in [-0.39, 0.29) is 36.1 Å². The van der Waals surface area contributed by atoms with E-state index in [0.29, 0.717) is 21.1 Å². The first-order valence-corrected chi connectivity index (χ1v) is 8.47. The summed E-state index contributed by atoms with van der Waals surface area (Å²) in [4.78, 5) is 35.1. The molecular formula is C17H18N2O6S. The lowest BCUT2D eigenvalue weighted by Crippen LogP contribution is -2.25. The van der Waals surface area contributed by atoms with Gasteiger partial charge in [0.05, 0.1) is 35.0 Å². The van der Waals surface area contributed by atoms with Crippen LogP contribution in [0, 0.1) is 10.1 Å². The Labute approximate surface area is 153 Å². The normalized spacial score (nSPS) is 10.3. The number of thiophene rings is 1. The molecule has 1 heterocycles. The predicted octanol–water partition coefficient (Wildman–Crippen LogP) is 2.85. The number of amides is 1. The van der Waals surface area contributed by atoms with Crippen LogP contribution in [-0.2, 0) is 6.42 Å². The molecule has 0 unspecified atom stereocenters. The summed E-state index contributed by atoms with van der Waals surface area (Å²) in [6, 6.07) is 6.01. The number of methoxy groups -OCH3 is 2. The Hall–Kier alpha value is -2.94. The Morgan fingerprint density at radius 1 is 1.15 bits per heavy atom. The minimum atomic E-state index is -0.502. The second kappa shape index (κ2) is 8.43. The first kappa shape index (κ1) is 19.4. The largest absolute Gasteiger partial charge is 0.493 e. The summed E-state index contributed by atoms with van der Waals surface area (Å²) >= 11 is 1.11. The average Bonchev–Trinajstić information content (AvgIpc) is 3.11. The van der Waals surface area contributed by atoms with Crippen LogP contribution in [-0.4, -0.2) is 37.4 Å². The third kappa shape index (κ3) is 4.37. The van der Waals surface area contributed by atoms with Gasteiger partial charge in [0.2, 0.25) is 0 Å². The number of rotatable bonds is 8. The SMILES string of the molecule is COc1cc(CCNC(=O)c2ccc(C(C)=O)s2)c([N+](=O)[O-])cc1OC. The molecule has 1 aromatic carbocycles. The Morgan fingerprint density at radius 2 is 1.77 bits per heavy atom. The number of hydrogen-bond donors (Lipinski definition) is 1. The van der Waals surface area contributed by atoms with Crippen molar-refractivity contribution in [2.24, 2.45) is 0 Å². The van der Waals surface area contributed by atoms with Gasteiger partial charge in [-0.25, -0.2) is 0 Å². The highest BCUT2D eigenvalue weighted by Crippen LogP contribution is 2.34. The van der Waals surface area contributed by atoms with Gasteiger partial charge in [0.25, 0.3) is 11.6 Å². The molecule has 9 heteroatoms. The topological polar surface area (TPSA) is 108 Å². The van der Waals surface area contributed by atoms with Crippen LogP contribution in [0.3, 0.4) is 0 Å². The van der Waals surface area contributed by atoms with Gasteiger partial charge in [0.15, 0.2) is 17.3 Å². The molecule has 0 atom stereocenters. The number of nitrogens with one attached hydrogen (secondary N) is 1. The van der Waals surface area contributed by atoms with Gasteiger partial charge in [-0.3, -0.25) is 19.7 Å². The number of carbonyl (C=O) groups excluding carboxylic acids is 2. The van der Waals surface area contributed by atoms with Crippen molar-refractivity contribution in [3.05, 3.63) is 49.7 Å². The van der Waals surface area contributed by atoms with Crippen LogP contribution >= 0.6 is 11.3 Å². The highest BCUT2D eigenvalue weighted by Gasteiger charge is 2.19. The van der Waals surface area contributed by atoms with Gasteiger partial charge >= 0.3 is 0 Å². The lowest BCUT2D eigenvalue weighted by molar-refractivity contribution is -0.385. The van der Waals surface area contributed by atoms with Gasteiger partial charge in [0, 0.05) is 12.1 Å². The van der Waals surface area contributed by atoms with Crippen molar-refractivity contribution >= 4 is 28.7 Å². The smallest absolute Gasteiger partial charge is 0.276 e. The Morgan fingerprint density at radius 3 is 2.31 bits per heavy atom. The minimum Gasteiger partial charge on any atom is -0.493 e. The van der Waals surface area contributed by atoms with Crippen LogP contribution in [0.2, 0.25) is 0 Å². The monoisotopic (exact) mass is 378 g/mol. The van der Waals surface area contributed by atoms with E-state index in [4.69, 9.17) is 9.47 Å². The van der Waals surface area contributed by atoms with Gasteiger partial charge in [-0.05, 0) is 31.5 Å². The van der Waals surface area contributed by atoms with Crippen molar-refractivity contribution in [1.29, 1.82) is 0 Å². The van der Waals surface area contributed by atoms with Crippen LogP contribution in [0.4, 0.5) is 5.69 Å². The molecule has 0 aliphatic heterocycles. The van der Waals surface area contributed by atoms with Gasteiger partial charge in [-0.15, -0.1) is 11.3 Å². The number of Topliss-reactive ketones (excluding diaryl/α,β-unsaturated/α-hetero) is 1. The van der Waals surface area contributed by atoms with E-state index in [1.807, 2.05) is 0 Å². The van der Waals surface area contributed by atoms with Crippen LogP contribution in [0.5, 0.6) is 11.5 Å². The molecule has 2 aromatic rings. The lowest BCUT2D eigenvalue weighted by atomic mass is 10.1. The second-order valence-corrected chi connectivity index (χ2v) is 6.40. The molecule has 0 saturated carbocycles. The molecule has 0 fully saturated rings. The van der Waals surface area contributed by atoms with E-state index in [0.717, 1.165) is 11.3 Å². The van der Waals surface area contributed by atoms with E-state index < -0.39 is 4.92 Å². The van der Waals surface area contributed by atoms with Crippen LogP contribution in [0.1, 0.15) is 31.8 Å². The van der Waals surface area contributed by atoms with Gasteiger partial charge in [-0.2, -0.15) is 0 Å². The number of benzene rings is 1. The van der Waals surface area contributed by atoms with Crippen molar-refractivity contribution in [2.75, 3.05) is 20.8 Å². The third-order valence-electron chi connectivity index (χ3n) is 3.64. The number of nitrogens with zero attached hydrogens (tertiary/aromatic N) is 1. The van der Waals surface area contributed by atoms with E-state index in [2.05, 4.69) is 5.32 Å². The molecule has 1 aromatic heterocycles. The fourth-order valence-corrected chi connectivity index (χ4v) is 3.15. The Bertz CT molecular complexity index is 846. The minimum absolute atomic E-state index is 0.102. The second-order valence-electron chi connectivity index (χ2n) is 5.32. The van der Waals surface area contributed by atoms with E-state index in [1.165, 1.54) is 33.3 Å². The molecule has 0 aliphatic carbocycles. The van der Waals surface area contributed by atoms with Crippen LogP contribution in [0.15, 0.2) is 24.3 Å². The first-order valence-electron chi connectivity index (χ1n) is 7.65. The maximum atomic E-state index is 12.1. The molecule has 0 aliphatic rings. The summed E-state index contributed by atoms with van der Waals surface area (Å²) in [5.41, 5.74) is 0.315. The van der Waals surface area contributed by atoms with Gasteiger partial charge < -0.3 is 14.8 Å². The first-order chi connectivity index (χ1) is 12.4. The summed E-state index contributed by atoms with van der Waals surface area (Å²) in [6.07, 6.45) is 0.243. The molecule has 8 nitrogen and oxygen atoms in total. The summed E-state index contributed by atoms with van der Waals surface area (Å²) < 4.78 is 10.2. The highest BCUT2D eigenvalue weighted by atomic mass is 32.1. The molecule has 26 heavy (non-hydrogen) atoms. The van der Waals surface area contributed by atoms with Crippen molar-refractivity contribution in [3.8, 4) is 11.5 Å². The number of hydrogen-bond acceptors (Lipinski definition) is 7. The quantitative estimate of drug-likeness (QED) is 0.430. The fraction of sp³-hybridized carbons (Fsp3) is 0.294. The zero-order chi connectivity index (χ0) is 19.3. The van der Waals surface area contributed by atoms with E-state index in [1.54, 1.807) is 12.1 Å². The fourth-order valence-electron chi connectivity index (χ4n) is 2.33. The average molecular weight is 378 g/mol. The van der Waals surface area contributed by atoms with Crippen LogP contribution < -0.4 is 14.8 Å². The summed E-state index contributed by atoms with van der Waals surface area (Å²) in [5.74, 6) is 0.215. The maximum Gasteiger partial charge on any atom is 0.276 e. The Balaban J connectivity index is 2.09. The lowest BCUT2D eigenvalue weighted by Gasteiger charge is -2.11. The molecule has 138 valence electrons. The van der Waals surface area contributed by atoms with Crippen molar-refractivity contribution in [2.45, 2.75) is 13.3 Å². The van der Waals surface area contributed by atoms with E-state index >= 15 is 0 Å². The summed E-state index contributed by atoms with van der Waals surface area (Å²) in [6.45, 7) is 1.63. The molecular weight excluding hydrogens is 360 g/mol. The highest BCUT2D eigenvalue weighted by molar-refractivity contribution is 7.15. The number of ketones is 1. The molecule has 1 N–H and O–H groups in total. The molecule has 0 spiro atoms. The number of nitro groups is 1. The van der Waals surface area contributed by atoms with Crippen molar-refractivity contribution in [1.82, 2.24) is 5.32 Å². The maximum absolute atomic E-state index is 12.1. The molecule has 1 amide bonds. The Kier molecular flexibility index (Phi) is 6.29. The van der Waals surface area contributed by atoms with Crippen LogP contribution in [0.25, 0.3) is 0 Å². The van der Waals surface area contributed by atoms with Crippen molar-refractivity contribution < 1.29 is 24.0 Å². The third-order valence-corrected chi connectivity index (χ3v) is 4.82. The zero-order valence-electron chi connectivity index (χ0n) is 14.5. The summed E-state index contributed by atoms with van der Waals surface area (Å²) in [5, 5.41) is 14.0. The van der Waals surface area contributed by atoms with Crippen molar-refractivity contribution in [3.63, 3.8) is 0 Å².